The summed E-state index contributed by atoms with van der Waals surface area (Å²) in [5, 5.41) is 3.69. The number of esters is 1. The second-order valence-electron chi connectivity index (χ2n) is 5.88. The number of aryl methyl sites for hydroxylation is 1. The molecule has 0 saturated heterocycles. The summed E-state index contributed by atoms with van der Waals surface area (Å²) in [5.41, 5.74) is 0.463. The number of nitrogens with one attached hydrogen (secondary N) is 1. The standard InChI is InChI=1S/C18H15F2N3O5S/c1-10-5-3-4-6-11(10)17-22-14(23-28-17)9-21-29(25,26)13-8-7-12(19)15(16(13)20)18(24)27-2/h3-8,21H,9H2,1-2H3. The van der Waals surface area contributed by atoms with Crippen molar-refractivity contribution >= 4 is 16.0 Å². The van der Waals surface area contributed by atoms with Gasteiger partial charge in [0.2, 0.25) is 10.0 Å². The van der Waals surface area contributed by atoms with Crippen LogP contribution in [0.2, 0.25) is 0 Å². The molecule has 11 heteroatoms. The van der Waals surface area contributed by atoms with Gasteiger partial charge in [-0.15, -0.1) is 0 Å². The molecule has 3 rings (SSSR count). The number of hydrogen-bond acceptors (Lipinski definition) is 7. The molecule has 0 aliphatic carbocycles. The predicted molar refractivity (Wildman–Crippen MR) is 96.2 cm³/mol. The van der Waals surface area contributed by atoms with Gasteiger partial charge in [-0.1, -0.05) is 23.4 Å². The van der Waals surface area contributed by atoms with Crippen LogP contribution >= 0.6 is 0 Å². The third kappa shape index (κ3) is 4.15. The molecule has 0 saturated carbocycles. The Balaban J connectivity index is 1.83. The maximum absolute atomic E-state index is 14.5. The van der Waals surface area contributed by atoms with Gasteiger partial charge in [0, 0.05) is 5.56 Å². The highest BCUT2D eigenvalue weighted by Gasteiger charge is 2.28. The van der Waals surface area contributed by atoms with Crippen molar-refractivity contribution < 1.29 is 31.3 Å². The van der Waals surface area contributed by atoms with Gasteiger partial charge in [-0.05, 0) is 30.7 Å². The zero-order valence-corrected chi connectivity index (χ0v) is 16.1. The van der Waals surface area contributed by atoms with Crippen molar-refractivity contribution in [2.75, 3.05) is 7.11 Å². The van der Waals surface area contributed by atoms with E-state index in [4.69, 9.17) is 4.52 Å². The van der Waals surface area contributed by atoms with Gasteiger partial charge in [0.15, 0.2) is 11.6 Å². The van der Waals surface area contributed by atoms with Crippen molar-refractivity contribution in [3.63, 3.8) is 0 Å². The Bertz CT molecular complexity index is 1180. The van der Waals surface area contributed by atoms with Crippen LogP contribution in [0.1, 0.15) is 21.7 Å². The third-order valence-corrected chi connectivity index (χ3v) is 5.42. The zero-order chi connectivity index (χ0) is 21.2. The second-order valence-corrected chi connectivity index (χ2v) is 7.62. The van der Waals surface area contributed by atoms with Gasteiger partial charge in [0.25, 0.3) is 5.89 Å². The zero-order valence-electron chi connectivity index (χ0n) is 15.3. The van der Waals surface area contributed by atoms with Crippen LogP contribution in [-0.2, 0) is 21.3 Å². The maximum Gasteiger partial charge on any atom is 0.343 e. The van der Waals surface area contributed by atoms with Crippen molar-refractivity contribution in [2.24, 2.45) is 0 Å². The van der Waals surface area contributed by atoms with Crippen LogP contribution in [-0.4, -0.2) is 31.6 Å². The summed E-state index contributed by atoms with van der Waals surface area (Å²) in [6.45, 7) is 1.43. The minimum absolute atomic E-state index is 0.00235. The van der Waals surface area contributed by atoms with E-state index in [1.54, 1.807) is 12.1 Å². The van der Waals surface area contributed by atoms with E-state index in [1.807, 2.05) is 19.1 Å². The summed E-state index contributed by atoms with van der Waals surface area (Å²) in [7, 11) is -3.54. The highest BCUT2D eigenvalue weighted by molar-refractivity contribution is 7.89. The largest absolute Gasteiger partial charge is 0.465 e. The molecule has 0 aliphatic heterocycles. The van der Waals surface area contributed by atoms with Gasteiger partial charge in [-0.2, -0.15) is 4.98 Å². The molecule has 0 aliphatic rings. The van der Waals surface area contributed by atoms with Gasteiger partial charge in [-0.3, -0.25) is 0 Å². The van der Waals surface area contributed by atoms with Crippen LogP contribution in [0.4, 0.5) is 8.78 Å². The van der Waals surface area contributed by atoms with E-state index < -0.39 is 44.6 Å². The van der Waals surface area contributed by atoms with E-state index in [0.717, 1.165) is 12.7 Å². The Kier molecular flexibility index (Phi) is 5.71. The third-order valence-electron chi connectivity index (χ3n) is 4.00. The monoisotopic (exact) mass is 423 g/mol. The highest BCUT2D eigenvalue weighted by atomic mass is 32.2. The number of hydrogen-bond donors (Lipinski definition) is 1. The maximum atomic E-state index is 14.5. The number of benzene rings is 2. The highest BCUT2D eigenvalue weighted by Crippen LogP contribution is 2.23. The number of halogens is 2. The Morgan fingerprint density at radius 1 is 1.21 bits per heavy atom. The molecular weight excluding hydrogens is 408 g/mol. The normalized spacial score (nSPS) is 11.4. The fourth-order valence-electron chi connectivity index (χ4n) is 2.52. The molecule has 0 atom stereocenters. The fourth-order valence-corrected chi connectivity index (χ4v) is 3.58. The first kappa shape index (κ1) is 20.6. The molecule has 0 bridgehead atoms. The lowest BCUT2D eigenvalue weighted by Gasteiger charge is -2.09. The van der Waals surface area contributed by atoms with Crippen molar-refractivity contribution in [3.8, 4) is 11.5 Å². The van der Waals surface area contributed by atoms with Crippen LogP contribution in [0.3, 0.4) is 0 Å². The van der Waals surface area contributed by atoms with Crippen molar-refractivity contribution in [3.05, 3.63) is 65.0 Å². The van der Waals surface area contributed by atoms with E-state index in [0.29, 0.717) is 17.7 Å². The molecule has 0 unspecified atom stereocenters. The molecule has 1 N–H and O–H groups in total. The van der Waals surface area contributed by atoms with Gasteiger partial charge >= 0.3 is 5.97 Å². The van der Waals surface area contributed by atoms with Crippen LogP contribution in [0, 0.1) is 18.6 Å². The molecule has 1 heterocycles. The smallest absolute Gasteiger partial charge is 0.343 e. The number of rotatable bonds is 6. The number of carbonyl (C=O) groups is 1. The van der Waals surface area contributed by atoms with E-state index in [-0.39, 0.29) is 11.7 Å². The number of methoxy groups -OCH3 is 1. The van der Waals surface area contributed by atoms with Crippen LogP contribution in [0.25, 0.3) is 11.5 Å². The van der Waals surface area contributed by atoms with Gasteiger partial charge in [0.05, 0.1) is 13.7 Å². The van der Waals surface area contributed by atoms with Crippen molar-refractivity contribution in [1.29, 1.82) is 0 Å². The lowest BCUT2D eigenvalue weighted by molar-refractivity contribution is 0.0589. The molecule has 0 spiro atoms. The Morgan fingerprint density at radius 3 is 2.62 bits per heavy atom. The topological polar surface area (TPSA) is 111 Å². The number of ether oxygens (including phenoxy) is 1. The van der Waals surface area contributed by atoms with Crippen LogP contribution in [0.15, 0.2) is 45.8 Å². The molecule has 152 valence electrons. The van der Waals surface area contributed by atoms with Gasteiger partial charge in [-0.25, -0.2) is 26.7 Å². The molecule has 0 radical (unpaired) electrons. The summed E-state index contributed by atoms with van der Waals surface area (Å²) in [4.78, 5) is 14.7. The molecule has 29 heavy (non-hydrogen) atoms. The summed E-state index contributed by atoms with van der Waals surface area (Å²) in [6, 6.07) is 8.59. The van der Waals surface area contributed by atoms with Gasteiger partial charge in [0.1, 0.15) is 16.3 Å². The Labute approximate surface area is 164 Å². The molecule has 2 aromatic carbocycles. The molecule has 8 nitrogen and oxygen atoms in total. The van der Waals surface area contributed by atoms with E-state index in [2.05, 4.69) is 19.6 Å². The molecule has 0 amide bonds. The minimum atomic E-state index is -4.45. The fraction of sp³-hybridized carbons (Fsp3) is 0.167. The lowest BCUT2D eigenvalue weighted by atomic mass is 10.1. The average Bonchev–Trinajstić information content (AvgIpc) is 3.15. The van der Waals surface area contributed by atoms with Crippen LogP contribution in [0.5, 0.6) is 0 Å². The van der Waals surface area contributed by atoms with E-state index >= 15 is 0 Å². The first-order chi connectivity index (χ1) is 13.7. The molecular formula is C18H15F2N3O5S. The summed E-state index contributed by atoms with van der Waals surface area (Å²) in [6.07, 6.45) is 0. The predicted octanol–water partition coefficient (Wildman–Crippen LogP) is 2.59. The SMILES string of the molecule is COC(=O)c1c(F)ccc(S(=O)(=O)NCc2noc(-c3ccccc3C)n2)c1F. The number of sulfonamides is 1. The first-order valence-electron chi connectivity index (χ1n) is 8.19. The minimum Gasteiger partial charge on any atom is -0.465 e. The van der Waals surface area contributed by atoms with Crippen molar-refractivity contribution in [1.82, 2.24) is 14.9 Å². The summed E-state index contributed by atoms with van der Waals surface area (Å²) < 4.78 is 64.5. The quantitative estimate of drug-likeness (QED) is 0.607. The number of carbonyl (C=O) groups excluding carboxylic acids is 1. The lowest BCUT2D eigenvalue weighted by Crippen LogP contribution is -2.26. The number of nitrogens with zero attached hydrogens (tertiary/aromatic N) is 2. The van der Waals surface area contributed by atoms with E-state index in [9.17, 15) is 22.0 Å². The Morgan fingerprint density at radius 2 is 1.93 bits per heavy atom. The van der Waals surface area contributed by atoms with E-state index in [1.165, 1.54) is 0 Å². The number of aromatic nitrogens is 2. The second kappa shape index (κ2) is 8.05. The molecule has 0 fully saturated rings. The van der Waals surface area contributed by atoms with Gasteiger partial charge < -0.3 is 9.26 Å². The van der Waals surface area contributed by atoms with Crippen molar-refractivity contribution in [2.45, 2.75) is 18.4 Å². The summed E-state index contributed by atoms with van der Waals surface area (Å²) >= 11 is 0. The molecule has 3 aromatic rings. The van der Waals surface area contributed by atoms with Crippen LogP contribution < -0.4 is 4.72 Å². The first-order valence-corrected chi connectivity index (χ1v) is 9.67. The summed E-state index contributed by atoms with van der Waals surface area (Å²) in [5.74, 6) is -3.94. The average molecular weight is 423 g/mol. The molecule has 1 aromatic heterocycles. The Hall–Kier alpha value is -3.18.